The van der Waals surface area contributed by atoms with Crippen molar-refractivity contribution in [1.82, 2.24) is 0 Å². The molecule has 1 saturated heterocycles. The standard InChI is InChI=1S/C10H20O3/c1-5-8-6(2)9(11)7(3)10(12-4)13-8/h6-11H,5H2,1-4H3/t6-,7?,8?,9+,10-/m1/s1. The SMILES string of the molecule is CCC1O[C@@H](OC)C(C)[C@@H](O)[C@@H]1C. The minimum atomic E-state index is -0.316. The normalized spacial score (nSPS) is 46.4. The highest BCUT2D eigenvalue weighted by atomic mass is 16.7. The Balaban J connectivity index is 2.66. The third kappa shape index (κ3) is 2.03. The van der Waals surface area contributed by atoms with Crippen LogP contribution in [0.4, 0.5) is 0 Å². The molecular weight excluding hydrogens is 168 g/mol. The second-order valence-corrected chi connectivity index (χ2v) is 3.90. The van der Waals surface area contributed by atoms with Crippen molar-refractivity contribution < 1.29 is 14.6 Å². The Hall–Kier alpha value is -0.120. The quantitative estimate of drug-likeness (QED) is 0.712. The Morgan fingerprint density at radius 2 is 1.92 bits per heavy atom. The number of hydrogen-bond donors (Lipinski definition) is 1. The maximum atomic E-state index is 9.89. The molecule has 3 nitrogen and oxygen atoms in total. The Morgan fingerprint density at radius 1 is 1.31 bits per heavy atom. The van der Waals surface area contributed by atoms with E-state index in [4.69, 9.17) is 9.47 Å². The van der Waals surface area contributed by atoms with Gasteiger partial charge in [0.15, 0.2) is 6.29 Å². The third-order valence-corrected chi connectivity index (χ3v) is 3.04. The van der Waals surface area contributed by atoms with Crippen LogP contribution in [0.2, 0.25) is 0 Å². The molecule has 1 aliphatic heterocycles. The van der Waals surface area contributed by atoms with Crippen molar-refractivity contribution in [2.24, 2.45) is 11.8 Å². The first-order chi connectivity index (χ1) is 6.11. The first kappa shape index (κ1) is 11.0. The number of rotatable bonds is 2. The molecule has 78 valence electrons. The van der Waals surface area contributed by atoms with Crippen molar-refractivity contribution in [3.63, 3.8) is 0 Å². The molecule has 0 aliphatic carbocycles. The van der Waals surface area contributed by atoms with Crippen LogP contribution in [0, 0.1) is 11.8 Å². The fourth-order valence-corrected chi connectivity index (χ4v) is 2.02. The Bertz CT molecular complexity index is 140. The van der Waals surface area contributed by atoms with Crippen LogP contribution in [0.25, 0.3) is 0 Å². The zero-order chi connectivity index (χ0) is 10.0. The van der Waals surface area contributed by atoms with Gasteiger partial charge in [-0.05, 0) is 6.42 Å². The summed E-state index contributed by atoms with van der Waals surface area (Å²) < 4.78 is 10.9. The number of ether oxygens (including phenoxy) is 2. The molecule has 0 amide bonds. The van der Waals surface area contributed by atoms with E-state index in [0.29, 0.717) is 0 Å². The molecular formula is C10H20O3. The van der Waals surface area contributed by atoms with Crippen molar-refractivity contribution >= 4 is 0 Å². The van der Waals surface area contributed by atoms with Gasteiger partial charge >= 0.3 is 0 Å². The maximum Gasteiger partial charge on any atom is 0.162 e. The van der Waals surface area contributed by atoms with Crippen LogP contribution in [0.15, 0.2) is 0 Å². The number of hydrogen-bond acceptors (Lipinski definition) is 3. The van der Waals surface area contributed by atoms with Gasteiger partial charge in [-0.3, -0.25) is 0 Å². The van der Waals surface area contributed by atoms with E-state index in [9.17, 15) is 5.11 Å². The van der Waals surface area contributed by atoms with Gasteiger partial charge in [-0.2, -0.15) is 0 Å². The van der Waals surface area contributed by atoms with Crippen molar-refractivity contribution in [3.8, 4) is 0 Å². The zero-order valence-electron chi connectivity index (χ0n) is 8.86. The van der Waals surface area contributed by atoms with Crippen LogP contribution in [-0.2, 0) is 9.47 Å². The van der Waals surface area contributed by atoms with Crippen molar-refractivity contribution in [3.05, 3.63) is 0 Å². The maximum absolute atomic E-state index is 9.89. The monoisotopic (exact) mass is 188 g/mol. The first-order valence-corrected chi connectivity index (χ1v) is 4.98. The van der Waals surface area contributed by atoms with E-state index in [1.807, 2.05) is 13.8 Å². The number of aliphatic hydroxyl groups is 1. The summed E-state index contributed by atoms with van der Waals surface area (Å²) in [6, 6.07) is 0. The number of aliphatic hydroxyl groups excluding tert-OH is 1. The molecule has 3 heteroatoms. The zero-order valence-corrected chi connectivity index (χ0v) is 8.86. The molecule has 0 spiro atoms. The van der Waals surface area contributed by atoms with E-state index >= 15 is 0 Å². The topological polar surface area (TPSA) is 38.7 Å². The molecule has 0 saturated carbocycles. The average Bonchev–Trinajstić information content (AvgIpc) is 2.15. The van der Waals surface area contributed by atoms with Crippen molar-refractivity contribution in [2.75, 3.05) is 7.11 Å². The highest BCUT2D eigenvalue weighted by molar-refractivity contribution is 4.83. The van der Waals surface area contributed by atoms with Crippen LogP contribution in [0.3, 0.4) is 0 Å². The highest BCUT2D eigenvalue weighted by Crippen LogP contribution is 2.31. The van der Waals surface area contributed by atoms with E-state index in [0.717, 1.165) is 6.42 Å². The van der Waals surface area contributed by atoms with Crippen LogP contribution >= 0.6 is 0 Å². The largest absolute Gasteiger partial charge is 0.392 e. The van der Waals surface area contributed by atoms with Gasteiger partial charge in [-0.1, -0.05) is 20.8 Å². The molecule has 13 heavy (non-hydrogen) atoms. The minimum Gasteiger partial charge on any atom is -0.392 e. The van der Waals surface area contributed by atoms with Gasteiger partial charge in [-0.25, -0.2) is 0 Å². The lowest BCUT2D eigenvalue weighted by Gasteiger charge is -2.41. The summed E-state index contributed by atoms with van der Waals surface area (Å²) in [6.07, 6.45) is 0.473. The van der Waals surface area contributed by atoms with Crippen LogP contribution < -0.4 is 0 Å². The molecule has 5 atom stereocenters. The second-order valence-electron chi connectivity index (χ2n) is 3.90. The molecule has 1 aliphatic rings. The smallest absolute Gasteiger partial charge is 0.162 e. The fraction of sp³-hybridized carbons (Fsp3) is 1.00. The Morgan fingerprint density at radius 3 is 2.38 bits per heavy atom. The lowest BCUT2D eigenvalue weighted by atomic mass is 9.85. The summed E-state index contributed by atoms with van der Waals surface area (Å²) in [4.78, 5) is 0. The average molecular weight is 188 g/mol. The van der Waals surface area contributed by atoms with Gasteiger partial charge in [0.05, 0.1) is 12.2 Å². The van der Waals surface area contributed by atoms with Crippen LogP contribution in [0.5, 0.6) is 0 Å². The first-order valence-electron chi connectivity index (χ1n) is 4.98. The Labute approximate surface area is 80.0 Å². The molecule has 0 aromatic carbocycles. The number of methoxy groups -OCH3 is 1. The second kappa shape index (κ2) is 4.40. The van der Waals surface area contributed by atoms with E-state index in [-0.39, 0.29) is 30.3 Å². The van der Waals surface area contributed by atoms with E-state index in [1.165, 1.54) is 0 Å². The molecule has 0 radical (unpaired) electrons. The summed E-state index contributed by atoms with van der Waals surface area (Å²) >= 11 is 0. The van der Waals surface area contributed by atoms with Crippen molar-refractivity contribution in [1.29, 1.82) is 0 Å². The van der Waals surface area contributed by atoms with Gasteiger partial charge in [0.25, 0.3) is 0 Å². The molecule has 1 rings (SSSR count). The van der Waals surface area contributed by atoms with E-state index in [2.05, 4.69) is 6.92 Å². The summed E-state index contributed by atoms with van der Waals surface area (Å²) in [5.74, 6) is 0.259. The summed E-state index contributed by atoms with van der Waals surface area (Å²) in [6.45, 7) is 6.05. The lowest BCUT2D eigenvalue weighted by Crippen LogP contribution is -2.49. The molecule has 1 fully saturated rings. The fourth-order valence-electron chi connectivity index (χ4n) is 2.02. The molecule has 1 N–H and O–H groups in total. The predicted octanol–water partition coefficient (Wildman–Crippen LogP) is 1.40. The van der Waals surface area contributed by atoms with Gasteiger partial charge in [0.1, 0.15) is 0 Å². The van der Waals surface area contributed by atoms with Gasteiger partial charge in [0.2, 0.25) is 0 Å². The van der Waals surface area contributed by atoms with Gasteiger partial charge in [-0.15, -0.1) is 0 Å². The van der Waals surface area contributed by atoms with E-state index < -0.39 is 0 Å². The molecule has 0 bridgehead atoms. The summed E-state index contributed by atoms with van der Waals surface area (Å²) in [5.41, 5.74) is 0. The summed E-state index contributed by atoms with van der Waals surface area (Å²) in [7, 11) is 1.62. The predicted molar refractivity (Wildman–Crippen MR) is 50.3 cm³/mol. The summed E-state index contributed by atoms with van der Waals surface area (Å²) in [5, 5.41) is 9.89. The van der Waals surface area contributed by atoms with E-state index in [1.54, 1.807) is 7.11 Å². The van der Waals surface area contributed by atoms with Crippen LogP contribution in [-0.4, -0.2) is 30.7 Å². The molecule has 0 aromatic heterocycles. The van der Waals surface area contributed by atoms with Crippen molar-refractivity contribution in [2.45, 2.75) is 45.7 Å². The molecule has 2 unspecified atom stereocenters. The van der Waals surface area contributed by atoms with Crippen LogP contribution in [0.1, 0.15) is 27.2 Å². The Kier molecular flexibility index (Phi) is 3.71. The molecule has 1 heterocycles. The minimum absolute atomic E-state index is 0.0581. The van der Waals surface area contributed by atoms with Gasteiger partial charge in [0, 0.05) is 18.9 Å². The molecule has 0 aromatic rings. The third-order valence-electron chi connectivity index (χ3n) is 3.04. The highest BCUT2D eigenvalue weighted by Gasteiger charge is 2.39. The lowest BCUT2D eigenvalue weighted by molar-refractivity contribution is -0.252. The van der Waals surface area contributed by atoms with Gasteiger partial charge < -0.3 is 14.6 Å².